The Morgan fingerprint density at radius 3 is 2.91 bits per heavy atom. The van der Waals surface area contributed by atoms with E-state index in [9.17, 15) is 4.79 Å². The highest BCUT2D eigenvalue weighted by Crippen LogP contribution is 2.19. The van der Waals surface area contributed by atoms with E-state index in [0.717, 1.165) is 21.3 Å². The summed E-state index contributed by atoms with van der Waals surface area (Å²) < 4.78 is 5.04. The van der Waals surface area contributed by atoms with Crippen molar-refractivity contribution in [3.8, 4) is 0 Å². The van der Waals surface area contributed by atoms with Crippen LogP contribution in [0.1, 0.15) is 20.3 Å². The predicted molar refractivity (Wildman–Crippen MR) is 46.0 cm³/mol. The molecular weight excluding hydrogens is 161 g/mol. The van der Waals surface area contributed by atoms with Gasteiger partial charge in [0.2, 0.25) is 0 Å². The standard InChI is InChI=1S/C7H14NO2P/c1-5(2)10-7(9)6-3-4-11-8-6/h5-6,8,11H,3-4H2,1-2H3/t6-/m0/s1. The molecule has 1 heterocycles. The van der Waals surface area contributed by atoms with Crippen LogP contribution >= 0.6 is 8.73 Å². The van der Waals surface area contributed by atoms with E-state index >= 15 is 0 Å². The lowest BCUT2D eigenvalue weighted by molar-refractivity contribution is -0.149. The second-order valence-electron chi connectivity index (χ2n) is 2.90. The fourth-order valence-corrected chi connectivity index (χ4v) is 2.06. The lowest BCUT2D eigenvalue weighted by Gasteiger charge is -2.12. The van der Waals surface area contributed by atoms with E-state index < -0.39 is 0 Å². The zero-order valence-electron chi connectivity index (χ0n) is 6.89. The third-order valence-corrected chi connectivity index (χ3v) is 2.56. The van der Waals surface area contributed by atoms with E-state index in [-0.39, 0.29) is 18.1 Å². The first-order valence-corrected chi connectivity index (χ1v) is 5.09. The molecule has 0 saturated carbocycles. The Morgan fingerprint density at radius 2 is 2.45 bits per heavy atom. The normalized spacial score (nSPS) is 26.3. The molecular formula is C7H14NO2P. The topological polar surface area (TPSA) is 38.3 Å². The van der Waals surface area contributed by atoms with Crippen LogP contribution in [0.5, 0.6) is 0 Å². The van der Waals surface area contributed by atoms with Crippen LogP contribution in [0.3, 0.4) is 0 Å². The van der Waals surface area contributed by atoms with Crippen LogP contribution in [0.4, 0.5) is 0 Å². The molecule has 4 heteroatoms. The summed E-state index contributed by atoms with van der Waals surface area (Å²) in [5.74, 6) is -0.0926. The van der Waals surface area contributed by atoms with Gasteiger partial charge in [-0.05, 0) is 26.4 Å². The monoisotopic (exact) mass is 175 g/mol. The minimum absolute atomic E-state index is 0.00762. The first-order valence-electron chi connectivity index (χ1n) is 3.89. The van der Waals surface area contributed by atoms with Crippen molar-refractivity contribution in [3.63, 3.8) is 0 Å². The average Bonchev–Trinajstić information content (AvgIpc) is 2.35. The van der Waals surface area contributed by atoms with Crippen molar-refractivity contribution in [1.29, 1.82) is 0 Å². The van der Waals surface area contributed by atoms with Gasteiger partial charge < -0.3 is 4.74 Å². The number of hydrogen-bond acceptors (Lipinski definition) is 3. The Labute approximate surface area is 68.7 Å². The maximum Gasteiger partial charge on any atom is 0.323 e. The summed E-state index contributed by atoms with van der Waals surface area (Å²) >= 11 is 0. The minimum Gasteiger partial charge on any atom is -0.462 e. The smallest absolute Gasteiger partial charge is 0.323 e. The van der Waals surface area contributed by atoms with E-state index in [4.69, 9.17) is 4.74 Å². The van der Waals surface area contributed by atoms with Crippen molar-refractivity contribution in [2.45, 2.75) is 32.4 Å². The number of nitrogens with one attached hydrogen (secondary N) is 1. The van der Waals surface area contributed by atoms with Gasteiger partial charge in [-0.25, -0.2) is 0 Å². The SMILES string of the molecule is CC(C)OC(=O)[C@@H]1CCPN1. The van der Waals surface area contributed by atoms with Gasteiger partial charge in [-0.15, -0.1) is 0 Å². The van der Waals surface area contributed by atoms with E-state index in [1.807, 2.05) is 13.8 Å². The molecule has 1 N–H and O–H groups in total. The van der Waals surface area contributed by atoms with Crippen molar-refractivity contribution in [3.05, 3.63) is 0 Å². The summed E-state index contributed by atoms with van der Waals surface area (Å²) in [7, 11) is 0.728. The van der Waals surface area contributed by atoms with Crippen LogP contribution in [-0.2, 0) is 9.53 Å². The number of rotatable bonds is 2. The molecule has 1 saturated heterocycles. The molecule has 0 aromatic carbocycles. The third kappa shape index (κ3) is 2.76. The van der Waals surface area contributed by atoms with Crippen molar-refractivity contribution in [1.82, 2.24) is 5.09 Å². The molecule has 2 atom stereocenters. The third-order valence-electron chi connectivity index (χ3n) is 1.47. The van der Waals surface area contributed by atoms with E-state index in [2.05, 4.69) is 5.09 Å². The molecule has 0 aromatic rings. The lowest BCUT2D eigenvalue weighted by Crippen LogP contribution is -2.31. The van der Waals surface area contributed by atoms with Crippen LogP contribution in [-0.4, -0.2) is 24.3 Å². The molecule has 3 nitrogen and oxygen atoms in total. The van der Waals surface area contributed by atoms with E-state index in [1.165, 1.54) is 0 Å². The second-order valence-corrected chi connectivity index (χ2v) is 4.04. The van der Waals surface area contributed by atoms with Gasteiger partial charge in [0.15, 0.2) is 0 Å². The fraction of sp³-hybridized carbons (Fsp3) is 0.857. The second kappa shape index (κ2) is 4.03. The molecule has 64 valence electrons. The molecule has 0 radical (unpaired) electrons. The number of ether oxygens (including phenoxy) is 1. The Morgan fingerprint density at radius 1 is 1.73 bits per heavy atom. The summed E-state index contributed by atoms with van der Waals surface area (Å²) in [6.45, 7) is 3.74. The molecule has 0 bridgehead atoms. The highest BCUT2D eigenvalue weighted by Gasteiger charge is 2.23. The molecule has 0 spiro atoms. The quantitative estimate of drug-likeness (QED) is 0.500. The molecule has 0 aromatic heterocycles. The van der Waals surface area contributed by atoms with Crippen LogP contribution in [0.2, 0.25) is 0 Å². The number of hydrogen-bond donors (Lipinski definition) is 1. The first kappa shape index (κ1) is 8.95. The van der Waals surface area contributed by atoms with Gasteiger partial charge in [0.25, 0.3) is 0 Å². The highest BCUT2D eigenvalue weighted by atomic mass is 31.1. The summed E-state index contributed by atoms with van der Waals surface area (Å²) in [5, 5.41) is 3.11. The maximum atomic E-state index is 11.2. The summed E-state index contributed by atoms with van der Waals surface area (Å²) in [5.41, 5.74) is 0. The van der Waals surface area contributed by atoms with Crippen molar-refractivity contribution >= 4 is 14.7 Å². The largest absolute Gasteiger partial charge is 0.462 e. The summed E-state index contributed by atoms with van der Waals surface area (Å²) in [4.78, 5) is 11.2. The van der Waals surface area contributed by atoms with Crippen molar-refractivity contribution in [2.75, 3.05) is 6.16 Å². The molecule has 1 aliphatic rings. The molecule has 11 heavy (non-hydrogen) atoms. The number of carbonyl (C=O) groups excluding carboxylic acids is 1. The van der Waals surface area contributed by atoms with Crippen LogP contribution in [0.15, 0.2) is 0 Å². The molecule has 1 aliphatic heterocycles. The van der Waals surface area contributed by atoms with Crippen molar-refractivity contribution < 1.29 is 9.53 Å². The molecule has 0 aliphatic carbocycles. The minimum atomic E-state index is -0.0926. The van der Waals surface area contributed by atoms with Crippen LogP contribution < -0.4 is 5.09 Å². The number of carbonyl (C=O) groups is 1. The fourth-order valence-electron chi connectivity index (χ4n) is 0.975. The van der Waals surface area contributed by atoms with Gasteiger partial charge in [0.05, 0.1) is 6.10 Å². The van der Waals surface area contributed by atoms with Gasteiger partial charge in [0.1, 0.15) is 6.04 Å². The Kier molecular flexibility index (Phi) is 3.28. The summed E-state index contributed by atoms with van der Waals surface area (Å²) in [6.07, 6.45) is 2.05. The molecule has 1 fully saturated rings. The van der Waals surface area contributed by atoms with Crippen molar-refractivity contribution in [2.24, 2.45) is 0 Å². The summed E-state index contributed by atoms with van der Waals surface area (Å²) in [6, 6.07) is -0.0317. The van der Waals surface area contributed by atoms with Gasteiger partial charge in [-0.3, -0.25) is 9.88 Å². The zero-order valence-corrected chi connectivity index (χ0v) is 7.89. The average molecular weight is 175 g/mol. The Bertz CT molecular complexity index is 143. The molecule has 0 amide bonds. The lowest BCUT2D eigenvalue weighted by atomic mass is 10.2. The molecule has 1 rings (SSSR count). The van der Waals surface area contributed by atoms with Crippen LogP contribution in [0, 0.1) is 0 Å². The van der Waals surface area contributed by atoms with Gasteiger partial charge in [-0.1, -0.05) is 8.73 Å². The van der Waals surface area contributed by atoms with Gasteiger partial charge in [0, 0.05) is 0 Å². The zero-order chi connectivity index (χ0) is 8.27. The van der Waals surface area contributed by atoms with E-state index in [1.54, 1.807) is 0 Å². The highest BCUT2D eigenvalue weighted by molar-refractivity contribution is 7.36. The van der Waals surface area contributed by atoms with Gasteiger partial charge in [-0.2, -0.15) is 0 Å². The molecule has 1 unspecified atom stereocenters. The Hall–Kier alpha value is -0.140. The van der Waals surface area contributed by atoms with E-state index in [0.29, 0.717) is 0 Å². The maximum absolute atomic E-state index is 11.2. The number of esters is 1. The van der Waals surface area contributed by atoms with Gasteiger partial charge >= 0.3 is 5.97 Å². The predicted octanol–water partition coefficient (Wildman–Crippen LogP) is 0.893. The Balaban J connectivity index is 2.28. The first-order chi connectivity index (χ1) is 5.20. The van der Waals surface area contributed by atoms with Crippen LogP contribution in [0.25, 0.3) is 0 Å².